The third-order valence-corrected chi connectivity index (χ3v) is 9.27. The van der Waals surface area contributed by atoms with Crippen LogP contribution in [0.25, 0.3) is 0 Å². The Kier molecular flexibility index (Phi) is 34.7. The highest BCUT2D eigenvalue weighted by Crippen LogP contribution is 2.36. The molecule has 0 saturated heterocycles. The Morgan fingerprint density at radius 2 is 0.896 bits per heavy atom. The van der Waals surface area contributed by atoms with Crippen LogP contribution in [0.1, 0.15) is 206 Å². The van der Waals surface area contributed by atoms with Gasteiger partial charge >= 0.3 is 19.8 Å². The Morgan fingerprint density at radius 3 is 1.33 bits per heavy atom. The predicted octanol–water partition coefficient (Wildman–Crippen LogP) is 11.8. The highest BCUT2D eigenvalue weighted by Gasteiger charge is 2.22. The quantitative estimate of drug-likeness (QED) is 0.0284. The topological polar surface area (TPSA) is 119 Å². The molecule has 2 N–H and O–H groups in total. The molecule has 0 aromatic rings. The third-order valence-electron chi connectivity index (χ3n) is 8.78. The van der Waals surface area contributed by atoms with Crippen molar-refractivity contribution in [2.24, 2.45) is 0 Å². The summed E-state index contributed by atoms with van der Waals surface area (Å²) < 4.78 is 26.3. The summed E-state index contributed by atoms with van der Waals surface area (Å²) in [6.07, 6.45) is 38.0. The summed E-state index contributed by atoms with van der Waals surface area (Å²) in [5.74, 6) is -0.887. The summed E-state index contributed by atoms with van der Waals surface area (Å²) in [5, 5.41) is 0. The molecule has 0 aromatic carbocycles. The van der Waals surface area contributed by atoms with Gasteiger partial charge in [-0.2, -0.15) is 0 Å². The molecule has 284 valence electrons. The minimum Gasteiger partial charge on any atom is -0.462 e. The number of carbonyl (C=O) groups is 2. The maximum atomic E-state index is 12.4. The van der Waals surface area contributed by atoms with Crippen molar-refractivity contribution in [1.82, 2.24) is 0 Å². The third kappa shape index (κ3) is 37.6. The lowest BCUT2D eigenvalue weighted by atomic mass is 10.0. The fraction of sp³-hybridized carbons (Fsp3) is 0.897. The van der Waals surface area contributed by atoms with Crippen LogP contribution in [0.4, 0.5) is 0 Å². The second-order valence-corrected chi connectivity index (χ2v) is 14.9. The van der Waals surface area contributed by atoms with Gasteiger partial charge in [0.25, 0.3) is 0 Å². The van der Waals surface area contributed by atoms with E-state index >= 15 is 0 Å². The number of phosphoric acid groups is 1. The van der Waals surface area contributed by atoms with Gasteiger partial charge in [-0.25, -0.2) is 4.57 Å². The zero-order chi connectivity index (χ0) is 35.4. The van der Waals surface area contributed by atoms with Crippen LogP contribution >= 0.6 is 7.82 Å². The highest BCUT2D eigenvalue weighted by molar-refractivity contribution is 7.46. The number of carbonyl (C=O) groups excluding carboxylic acids is 2. The highest BCUT2D eigenvalue weighted by atomic mass is 31.2. The molecule has 0 spiro atoms. The number of rotatable bonds is 37. The first-order chi connectivity index (χ1) is 23.3. The first-order valence-electron chi connectivity index (χ1n) is 20.0. The van der Waals surface area contributed by atoms with Crippen molar-refractivity contribution in [1.29, 1.82) is 0 Å². The Hall–Kier alpha value is -1.21. The molecule has 8 nitrogen and oxygen atoms in total. The van der Waals surface area contributed by atoms with E-state index in [2.05, 4.69) is 30.5 Å². The summed E-state index contributed by atoms with van der Waals surface area (Å²) >= 11 is 0. The zero-order valence-corrected chi connectivity index (χ0v) is 32.0. The van der Waals surface area contributed by atoms with E-state index in [1.165, 1.54) is 116 Å². The number of allylic oxidation sites excluding steroid dienone is 2. The van der Waals surface area contributed by atoms with Crippen LogP contribution in [0.5, 0.6) is 0 Å². The minimum absolute atomic E-state index is 0.216. The first kappa shape index (κ1) is 46.8. The maximum absolute atomic E-state index is 12.4. The van der Waals surface area contributed by atoms with Crippen LogP contribution in [0.2, 0.25) is 0 Å². The number of unbranched alkanes of at least 4 members (excludes halogenated alkanes) is 25. The normalized spacial score (nSPS) is 12.5. The van der Waals surface area contributed by atoms with E-state index in [0.29, 0.717) is 12.8 Å². The van der Waals surface area contributed by atoms with Crippen molar-refractivity contribution in [3.63, 3.8) is 0 Å². The van der Waals surface area contributed by atoms with E-state index in [0.717, 1.165) is 51.4 Å². The van der Waals surface area contributed by atoms with Gasteiger partial charge in [0.2, 0.25) is 0 Å². The second kappa shape index (κ2) is 35.6. The fourth-order valence-corrected chi connectivity index (χ4v) is 6.13. The van der Waals surface area contributed by atoms with E-state index in [1.807, 2.05) is 0 Å². The zero-order valence-electron chi connectivity index (χ0n) is 31.2. The molecule has 0 amide bonds. The number of esters is 2. The molecule has 0 rings (SSSR count). The van der Waals surface area contributed by atoms with Gasteiger partial charge in [-0.15, -0.1) is 0 Å². The minimum atomic E-state index is -4.75. The summed E-state index contributed by atoms with van der Waals surface area (Å²) in [7, 11) is -4.75. The molecule has 1 atom stereocenters. The number of hydrogen-bond acceptors (Lipinski definition) is 6. The molecule has 0 saturated carbocycles. The van der Waals surface area contributed by atoms with Crippen molar-refractivity contribution < 1.29 is 37.9 Å². The lowest BCUT2D eigenvalue weighted by Gasteiger charge is -2.18. The van der Waals surface area contributed by atoms with Crippen LogP contribution in [-0.4, -0.2) is 41.0 Å². The molecule has 0 aromatic heterocycles. The summed E-state index contributed by atoms with van der Waals surface area (Å²) in [4.78, 5) is 42.7. The van der Waals surface area contributed by atoms with Crippen LogP contribution < -0.4 is 0 Å². The number of phosphoric ester groups is 1. The molecule has 9 heteroatoms. The molecule has 0 aliphatic carbocycles. The first-order valence-corrected chi connectivity index (χ1v) is 21.5. The molecule has 48 heavy (non-hydrogen) atoms. The molecule has 0 heterocycles. The van der Waals surface area contributed by atoms with Crippen molar-refractivity contribution in [3.05, 3.63) is 12.2 Å². The van der Waals surface area contributed by atoms with Crippen molar-refractivity contribution in [2.75, 3.05) is 13.2 Å². The lowest BCUT2D eigenvalue weighted by Crippen LogP contribution is -2.29. The molecule has 0 aliphatic rings. The van der Waals surface area contributed by atoms with Crippen LogP contribution in [0.3, 0.4) is 0 Å². The number of hydrogen-bond donors (Lipinski definition) is 2. The van der Waals surface area contributed by atoms with E-state index in [-0.39, 0.29) is 19.4 Å². The molecule has 0 unspecified atom stereocenters. The van der Waals surface area contributed by atoms with Gasteiger partial charge in [0.15, 0.2) is 6.10 Å². The Morgan fingerprint density at radius 1 is 0.521 bits per heavy atom. The summed E-state index contributed by atoms with van der Waals surface area (Å²) in [6.45, 7) is 3.65. The lowest BCUT2D eigenvalue weighted by molar-refractivity contribution is -0.161. The van der Waals surface area contributed by atoms with E-state index in [9.17, 15) is 14.2 Å². The second-order valence-electron chi connectivity index (χ2n) is 13.6. The summed E-state index contributed by atoms with van der Waals surface area (Å²) in [5.41, 5.74) is 0. The molecular weight excluding hydrogens is 627 g/mol. The molecule has 0 bridgehead atoms. The largest absolute Gasteiger partial charge is 0.469 e. The Labute approximate surface area is 295 Å². The van der Waals surface area contributed by atoms with Gasteiger partial charge in [0.1, 0.15) is 6.61 Å². The van der Waals surface area contributed by atoms with Crippen LogP contribution in [-0.2, 0) is 28.2 Å². The van der Waals surface area contributed by atoms with E-state index in [1.54, 1.807) is 0 Å². The smallest absolute Gasteiger partial charge is 0.462 e. The van der Waals surface area contributed by atoms with Crippen molar-refractivity contribution in [2.45, 2.75) is 213 Å². The summed E-state index contributed by atoms with van der Waals surface area (Å²) in [6, 6.07) is 0. The standard InChI is InChI=1S/C39H75O8P/c1-3-5-7-9-11-13-15-16-17-18-19-20-21-22-24-26-28-30-32-34-39(41)47-37(36-46-48(42,43)44)35-45-38(40)33-31-29-27-25-23-14-12-10-8-6-4-2/h10,12,37H,3-9,11,13-36H2,1-2H3,(H2,42,43,44)/b12-10+/t37-/m1/s1. The maximum Gasteiger partial charge on any atom is 0.469 e. The predicted molar refractivity (Wildman–Crippen MR) is 198 cm³/mol. The molecule has 0 fully saturated rings. The van der Waals surface area contributed by atoms with E-state index < -0.39 is 32.5 Å². The van der Waals surface area contributed by atoms with Gasteiger partial charge in [0.05, 0.1) is 6.61 Å². The van der Waals surface area contributed by atoms with Crippen LogP contribution in [0.15, 0.2) is 12.2 Å². The molecule has 0 radical (unpaired) electrons. The van der Waals surface area contributed by atoms with Crippen molar-refractivity contribution >= 4 is 19.8 Å². The Balaban J connectivity index is 3.87. The van der Waals surface area contributed by atoms with Crippen molar-refractivity contribution in [3.8, 4) is 0 Å². The van der Waals surface area contributed by atoms with Gasteiger partial charge in [0, 0.05) is 12.8 Å². The molecular formula is C39H75O8P. The SMILES string of the molecule is CCCC/C=C/CCCCCCCC(=O)OC[C@H](COP(=O)(O)O)OC(=O)CCCCCCCCCCCCCCCCCCCCC. The number of ether oxygens (including phenoxy) is 2. The average Bonchev–Trinajstić information content (AvgIpc) is 3.05. The van der Waals surface area contributed by atoms with Gasteiger partial charge in [-0.1, -0.05) is 174 Å². The fourth-order valence-electron chi connectivity index (χ4n) is 5.77. The van der Waals surface area contributed by atoms with Gasteiger partial charge in [-0.3, -0.25) is 14.1 Å². The van der Waals surface area contributed by atoms with E-state index in [4.69, 9.17) is 19.3 Å². The van der Waals surface area contributed by atoms with Gasteiger partial charge < -0.3 is 19.3 Å². The monoisotopic (exact) mass is 703 g/mol. The van der Waals surface area contributed by atoms with Gasteiger partial charge in [-0.05, 0) is 32.1 Å². The average molecular weight is 703 g/mol. The molecule has 0 aliphatic heterocycles. The Bertz CT molecular complexity index is 797. The van der Waals surface area contributed by atoms with Crippen LogP contribution in [0, 0.1) is 0 Å².